The second-order valence-electron chi connectivity index (χ2n) is 11.1. The molecule has 2 fully saturated rings. The van der Waals surface area contributed by atoms with E-state index < -0.39 is 43.7 Å². The van der Waals surface area contributed by atoms with Gasteiger partial charge in [-0.25, -0.2) is 4.39 Å². The number of phenols is 1. The van der Waals surface area contributed by atoms with Crippen LogP contribution < -0.4 is 10.4 Å². The van der Waals surface area contributed by atoms with E-state index >= 15 is 0 Å². The van der Waals surface area contributed by atoms with Crippen molar-refractivity contribution in [3.8, 4) is 5.75 Å². The zero-order valence-corrected chi connectivity index (χ0v) is 23.2. The van der Waals surface area contributed by atoms with Crippen molar-refractivity contribution < 1.29 is 38.8 Å². The van der Waals surface area contributed by atoms with E-state index in [1.807, 2.05) is 19.9 Å². The molecule has 2 aliphatic heterocycles. The number of aromatic hydroxyl groups is 1. The quantitative estimate of drug-likeness (QED) is 0.222. The summed E-state index contributed by atoms with van der Waals surface area (Å²) in [5.41, 5.74) is 4.23. The summed E-state index contributed by atoms with van der Waals surface area (Å²) in [5.74, 6) is -3.31. The summed E-state index contributed by atoms with van der Waals surface area (Å²) in [4.78, 5) is 28.6. The molecule has 4 N–H and O–H groups in total. The van der Waals surface area contributed by atoms with E-state index in [1.165, 1.54) is 24.3 Å². The number of halogens is 1. The minimum absolute atomic E-state index is 0.183. The first-order valence-electron chi connectivity index (χ1n) is 14.2. The van der Waals surface area contributed by atoms with Crippen LogP contribution in [0.3, 0.4) is 0 Å². The monoisotopic (exact) mass is 561 g/mol. The lowest BCUT2D eigenvalue weighted by atomic mass is 9.58. The third-order valence-electron chi connectivity index (χ3n) is 8.69. The molecule has 2 heterocycles. The smallest absolute Gasteiger partial charge is 0.488 e. The van der Waals surface area contributed by atoms with Gasteiger partial charge < -0.3 is 24.8 Å². The van der Waals surface area contributed by atoms with Crippen LogP contribution in [0.2, 0.25) is 6.32 Å². The van der Waals surface area contributed by atoms with Crippen LogP contribution in [0.4, 0.5) is 10.1 Å². The van der Waals surface area contributed by atoms with E-state index in [4.69, 9.17) is 4.65 Å². The Kier molecular flexibility index (Phi) is 8.52. The fourth-order valence-electron chi connectivity index (χ4n) is 6.70. The molecule has 214 valence electrons. The van der Waals surface area contributed by atoms with Crippen molar-refractivity contribution in [2.75, 3.05) is 4.90 Å². The van der Waals surface area contributed by atoms with Crippen LogP contribution in [0.5, 0.6) is 5.75 Å². The third-order valence-corrected chi connectivity index (χ3v) is 8.69. The molecular weight excluding hydrogens is 527 g/mol. The van der Waals surface area contributed by atoms with Crippen LogP contribution in [0, 0.1) is 23.6 Å². The van der Waals surface area contributed by atoms with Gasteiger partial charge in [0.1, 0.15) is 0 Å². The first-order chi connectivity index (χ1) is 19.6. The molecule has 0 aromatic heterocycles. The highest BCUT2D eigenvalue weighted by Crippen LogP contribution is 2.51. The second-order valence-corrected chi connectivity index (χ2v) is 11.1. The number of hydrogen-bond acceptors (Lipinski definition) is 7. The zero-order chi connectivity index (χ0) is 29.4. The van der Waals surface area contributed by atoms with Gasteiger partial charge in [0.25, 0.3) is 0 Å². The number of anilines is 1. The van der Waals surface area contributed by atoms with E-state index in [0.29, 0.717) is 36.9 Å². The van der Waals surface area contributed by atoms with E-state index in [9.17, 15) is 34.2 Å². The molecule has 2 aromatic carbocycles. The summed E-state index contributed by atoms with van der Waals surface area (Å²) in [5, 5.41) is 39.5. The summed E-state index contributed by atoms with van der Waals surface area (Å²) in [7, 11) is -2.82. The van der Waals surface area contributed by atoms with Crippen LogP contribution in [0.25, 0.3) is 6.08 Å². The average molecular weight is 561 g/mol. The summed E-state index contributed by atoms with van der Waals surface area (Å²) in [6.45, 7) is 4.02. The van der Waals surface area contributed by atoms with Gasteiger partial charge in [0.15, 0.2) is 11.6 Å². The number of nitrogens with zero attached hydrogens (tertiary/aromatic N) is 1. The van der Waals surface area contributed by atoms with Gasteiger partial charge in [-0.15, -0.1) is 0 Å². The molecule has 0 spiro atoms. The van der Waals surface area contributed by atoms with Gasteiger partial charge in [-0.05, 0) is 85.2 Å². The van der Waals surface area contributed by atoms with Gasteiger partial charge in [0, 0.05) is 0 Å². The lowest BCUT2D eigenvalue weighted by Crippen LogP contribution is -2.46. The molecule has 0 saturated carbocycles. The lowest BCUT2D eigenvalue weighted by Gasteiger charge is -2.43. The number of amides is 2. The number of phenolic OH excluding ortho intramolecular Hbond substituents is 1. The van der Waals surface area contributed by atoms with Crippen molar-refractivity contribution >= 4 is 43.3 Å². The van der Waals surface area contributed by atoms with Crippen molar-refractivity contribution in [3.63, 3.8) is 0 Å². The normalized spacial score (nSPS) is 24.6. The topological polar surface area (TPSA) is 128 Å². The van der Waals surface area contributed by atoms with Crippen LogP contribution >= 0.6 is 0 Å². The van der Waals surface area contributed by atoms with Gasteiger partial charge in [-0.1, -0.05) is 49.3 Å². The Bertz CT molecular complexity index is 1410. The Morgan fingerprint density at radius 2 is 1.93 bits per heavy atom. The second kappa shape index (κ2) is 11.9. The van der Waals surface area contributed by atoms with Crippen LogP contribution in [0.1, 0.15) is 51.5 Å². The molecule has 41 heavy (non-hydrogen) atoms. The third kappa shape index (κ3) is 5.64. The number of carbonyl (C=O) groups excluding carboxylic acids is 2. The molecular formula is C30H34B2FNO7. The maximum absolute atomic E-state index is 13.9. The molecule has 0 radical (unpaired) electrons. The van der Waals surface area contributed by atoms with Crippen molar-refractivity contribution in [3.05, 3.63) is 70.6 Å². The molecule has 11 heteroatoms. The van der Waals surface area contributed by atoms with Gasteiger partial charge >= 0.3 is 14.2 Å². The molecule has 0 bridgehead atoms. The summed E-state index contributed by atoms with van der Waals surface area (Å²) >= 11 is 0. The molecule has 2 aromatic rings. The fourth-order valence-corrected chi connectivity index (χ4v) is 6.70. The standard InChI is InChI=1S/C30H34B2FNO7/c1-3-17(12-18-8-10-25(35)24(33)13-18)9-11-26-27-19(4-2)14-22-28(23(27)16-31(38)41-26)30(37)34(29(22)36)21-7-5-6-20(15-21)32(39)40/h5-8,10,12-13,15,22-23,26,28,35,38-40H,3-4,9,11,14,16H2,1-2H3/b17-12+/t22-,23+,26-,28-/m1/s1. The molecule has 4 atom stereocenters. The van der Waals surface area contributed by atoms with Crippen LogP contribution in [-0.2, 0) is 14.2 Å². The van der Waals surface area contributed by atoms with Crippen molar-refractivity contribution in [1.82, 2.24) is 0 Å². The number of imide groups is 1. The van der Waals surface area contributed by atoms with Gasteiger partial charge in [0.2, 0.25) is 11.8 Å². The lowest BCUT2D eigenvalue weighted by molar-refractivity contribution is -0.122. The maximum Gasteiger partial charge on any atom is 0.488 e. The number of fused-ring (bicyclic) bond motifs is 3. The molecule has 5 rings (SSSR count). The zero-order valence-electron chi connectivity index (χ0n) is 23.2. The Labute approximate surface area is 239 Å². The highest BCUT2D eigenvalue weighted by molar-refractivity contribution is 6.58. The first-order valence-corrected chi connectivity index (χ1v) is 14.2. The maximum atomic E-state index is 13.9. The molecule has 2 saturated heterocycles. The van der Waals surface area contributed by atoms with Crippen molar-refractivity contribution in [2.24, 2.45) is 17.8 Å². The molecule has 2 amide bonds. The first kappa shape index (κ1) is 29.3. The highest BCUT2D eigenvalue weighted by Gasteiger charge is 2.57. The summed E-state index contributed by atoms with van der Waals surface area (Å²) in [6, 6.07) is 10.4. The number of allylic oxidation sites excluding steroid dienone is 2. The minimum atomic E-state index is -1.73. The van der Waals surface area contributed by atoms with E-state index in [1.54, 1.807) is 18.2 Å². The summed E-state index contributed by atoms with van der Waals surface area (Å²) in [6.07, 6.45) is 4.66. The van der Waals surface area contributed by atoms with Crippen LogP contribution in [-0.4, -0.2) is 52.3 Å². The summed E-state index contributed by atoms with van der Waals surface area (Å²) < 4.78 is 19.9. The highest BCUT2D eigenvalue weighted by atomic mass is 19.1. The Morgan fingerprint density at radius 1 is 1.15 bits per heavy atom. The predicted molar refractivity (Wildman–Crippen MR) is 154 cm³/mol. The average Bonchev–Trinajstić information content (AvgIpc) is 3.21. The van der Waals surface area contributed by atoms with E-state index in [-0.39, 0.29) is 29.5 Å². The fraction of sp³-hybridized carbons (Fsp3) is 0.400. The Balaban J connectivity index is 1.42. The van der Waals surface area contributed by atoms with Crippen molar-refractivity contribution in [2.45, 2.75) is 58.4 Å². The van der Waals surface area contributed by atoms with Crippen LogP contribution in [0.15, 0.2) is 59.2 Å². The predicted octanol–water partition coefficient (Wildman–Crippen LogP) is 3.20. The van der Waals surface area contributed by atoms with E-state index in [0.717, 1.165) is 28.0 Å². The minimum Gasteiger partial charge on any atom is -0.505 e. The number of benzene rings is 2. The van der Waals surface area contributed by atoms with Gasteiger partial charge in [-0.2, -0.15) is 0 Å². The van der Waals surface area contributed by atoms with Crippen molar-refractivity contribution in [1.29, 1.82) is 0 Å². The molecule has 1 aliphatic carbocycles. The largest absolute Gasteiger partial charge is 0.505 e. The number of hydrogen-bond donors (Lipinski definition) is 4. The van der Waals surface area contributed by atoms with Gasteiger partial charge in [-0.3, -0.25) is 14.5 Å². The molecule has 3 aliphatic rings. The number of carbonyl (C=O) groups is 2. The number of rotatable bonds is 8. The Hall–Kier alpha value is -3.24. The van der Waals surface area contributed by atoms with E-state index in [2.05, 4.69) is 0 Å². The SMILES string of the molecule is CCC1=C2[C@@H](CC/C(=C/c3ccc(O)c(F)c3)CC)OB(O)C[C@@H]2[C@@H]2C(=O)N(c3cccc(B(O)O)c3)C(=O)[C@@H]2C1. The molecule has 8 nitrogen and oxygen atoms in total. The Morgan fingerprint density at radius 3 is 2.61 bits per heavy atom. The van der Waals surface area contributed by atoms with Gasteiger partial charge in [0.05, 0.1) is 23.6 Å². The molecule has 0 unspecified atom stereocenters.